The summed E-state index contributed by atoms with van der Waals surface area (Å²) in [6, 6.07) is 2.30. The molecule has 0 fully saturated rings. The molecule has 0 amide bonds. The molecule has 19 heavy (non-hydrogen) atoms. The molecule has 0 saturated carbocycles. The van der Waals surface area contributed by atoms with Gasteiger partial charge in [0.2, 0.25) is 0 Å². The average molecular weight is 258 g/mol. The predicted molar refractivity (Wildman–Crippen MR) is 89.8 cm³/mol. The first-order valence-electron chi connectivity index (χ1n) is 7.34. The largest absolute Gasteiger partial charge is 0.100 e. The van der Waals surface area contributed by atoms with Gasteiger partial charge in [-0.2, -0.15) is 0 Å². The number of rotatable bonds is 4. The Kier molecular flexibility index (Phi) is 8.14. The monoisotopic (exact) mass is 258 g/mol. The number of hydrogen-bond donors (Lipinski definition) is 0. The summed E-state index contributed by atoms with van der Waals surface area (Å²) in [5.74, 6) is 0. The van der Waals surface area contributed by atoms with E-state index in [9.17, 15) is 0 Å². The van der Waals surface area contributed by atoms with E-state index in [1.54, 1.807) is 0 Å². The van der Waals surface area contributed by atoms with Crippen LogP contribution in [0.4, 0.5) is 0 Å². The number of aryl methyl sites for hydroxylation is 2. The van der Waals surface area contributed by atoms with Gasteiger partial charge < -0.3 is 0 Å². The molecule has 1 aromatic rings. The summed E-state index contributed by atoms with van der Waals surface area (Å²) in [4.78, 5) is 0. The molecule has 0 nitrogen and oxygen atoms in total. The van der Waals surface area contributed by atoms with Gasteiger partial charge in [-0.05, 0) is 75.3 Å². The van der Waals surface area contributed by atoms with Gasteiger partial charge in [0.05, 0.1) is 0 Å². The highest BCUT2D eigenvalue weighted by Gasteiger charge is 2.08. The lowest BCUT2D eigenvalue weighted by Crippen LogP contribution is -1.99. The molecule has 0 aliphatic rings. The number of hydrogen-bond acceptors (Lipinski definition) is 0. The van der Waals surface area contributed by atoms with E-state index >= 15 is 0 Å². The molecule has 0 bridgehead atoms. The topological polar surface area (TPSA) is 0 Å². The molecule has 0 atom stereocenters. The maximum Gasteiger partial charge on any atom is -0.0198 e. The second-order valence-electron chi connectivity index (χ2n) is 4.98. The van der Waals surface area contributed by atoms with Crippen LogP contribution in [0.25, 0.3) is 6.08 Å². The van der Waals surface area contributed by atoms with Gasteiger partial charge in [-0.1, -0.05) is 37.6 Å². The van der Waals surface area contributed by atoms with Crippen molar-refractivity contribution in [3.8, 4) is 0 Å². The fourth-order valence-electron chi connectivity index (χ4n) is 2.39. The third-order valence-corrected chi connectivity index (χ3v) is 3.33. The lowest BCUT2D eigenvalue weighted by atomic mass is 9.90. The van der Waals surface area contributed by atoms with Gasteiger partial charge in [0.1, 0.15) is 0 Å². The second kappa shape index (κ2) is 8.74. The zero-order valence-electron chi connectivity index (χ0n) is 13.9. The van der Waals surface area contributed by atoms with Crippen LogP contribution in [-0.2, 0) is 6.42 Å². The molecule has 0 N–H and O–H groups in total. The molecule has 1 aromatic carbocycles. The van der Waals surface area contributed by atoms with Gasteiger partial charge >= 0.3 is 0 Å². The van der Waals surface area contributed by atoms with E-state index in [1.165, 1.54) is 33.4 Å². The molecule has 106 valence electrons. The van der Waals surface area contributed by atoms with Crippen molar-refractivity contribution in [2.24, 2.45) is 0 Å². The van der Waals surface area contributed by atoms with Crippen molar-refractivity contribution in [1.29, 1.82) is 0 Å². The summed E-state index contributed by atoms with van der Waals surface area (Å²) in [5.41, 5.74) is 8.35. The van der Waals surface area contributed by atoms with Gasteiger partial charge in [0.25, 0.3) is 0 Å². The molecule has 0 saturated heterocycles. The predicted octanol–water partition coefficient (Wildman–Crippen LogP) is 6.18. The minimum absolute atomic E-state index is 1.08. The third-order valence-electron chi connectivity index (χ3n) is 3.33. The molecule has 0 radical (unpaired) electrons. The molecule has 0 unspecified atom stereocenters. The number of allylic oxidation sites excluding steroid dienone is 2. The Bertz CT molecular complexity index is 448. The maximum atomic E-state index is 3.99. The molecule has 0 spiro atoms. The van der Waals surface area contributed by atoms with E-state index in [-0.39, 0.29) is 0 Å². The number of benzene rings is 1. The van der Waals surface area contributed by atoms with Crippen LogP contribution in [0.1, 0.15) is 61.9 Å². The zero-order chi connectivity index (χ0) is 15.0. The van der Waals surface area contributed by atoms with E-state index in [1.807, 2.05) is 13.8 Å². The van der Waals surface area contributed by atoms with Crippen molar-refractivity contribution in [3.63, 3.8) is 0 Å². The zero-order valence-corrected chi connectivity index (χ0v) is 13.9. The molecule has 0 aliphatic carbocycles. The molecule has 0 aliphatic heterocycles. The van der Waals surface area contributed by atoms with Crippen LogP contribution in [-0.4, -0.2) is 0 Å². The minimum Gasteiger partial charge on any atom is -0.100 e. The standard InChI is InChI=1S/C17H24.C2H6/c1-7-8-16-13(4)11-14(5)17(15(16)6)10-9-12(2)3;1-2/h7-8,11H,2,9-10H2,1,3-6H3;1-2H3/b8-7+;. The Morgan fingerprint density at radius 2 is 1.74 bits per heavy atom. The highest BCUT2D eigenvalue weighted by molar-refractivity contribution is 5.61. The van der Waals surface area contributed by atoms with Gasteiger partial charge in [0, 0.05) is 0 Å². The van der Waals surface area contributed by atoms with Gasteiger partial charge in [-0.25, -0.2) is 0 Å². The highest BCUT2D eigenvalue weighted by Crippen LogP contribution is 2.25. The first kappa shape index (κ1) is 17.7. The van der Waals surface area contributed by atoms with Crippen LogP contribution < -0.4 is 0 Å². The van der Waals surface area contributed by atoms with Crippen molar-refractivity contribution in [1.82, 2.24) is 0 Å². The summed E-state index contributed by atoms with van der Waals surface area (Å²) in [6.07, 6.45) is 6.53. The smallest absolute Gasteiger partial charge is 0.0198 e. The summed E-state index contributed by atoms with van der Waals surface area (Å²) < 4.78 is 0. The van der Waals surface area contributed by atoms with Gasteiger partial charge in [0.15, 0.2) is 0 Å². The van der Waals surface area contributed by atoms with Crippen LogP contribution in [0.5, 0.6) is 0 Å². The Labute approximate surface area is 120 Å². The normalized spacial score (nSPS) is 10.3. The van der Waals surface area contributed by atoms with Crippen molar-refractivity contribution < 1.29 is 0 Å². The van der Waals surface area contributed by atoms with Crippen LogP contribution >= 0.6 is 0 Å². The van der Waals surface area contributed by atoms with Crippen molar-refractivity contribution in [2.45, 2.75) is 61.3 Å². The van der Waals surface area contributed by atoms with Gasteiger partial charge in [-0.3, -0.25) is 0 Å². The molecule has 1 rings (SSSR count). The first-order valence-corrected chi connectivity index (χ1v) is 7.34. The van der Waals surface area contributed by atoms with E-state index in [0.29, 0.717) is 0 Å². The molecule has 0 aromatic heterocycles. The van der Waals surface area contributed by atoms with E-state index in [2.05, 4.69) is 59.4 Å². The fraction of sp³-hybridized carbons (Fsp3) is 0.474. The quantitative estimate of drug-likeness (QED) is 0.566. The first-order chi connectivity index (χ1) is 8.97. The van der Waals surface area contributed by atoms with Crippen molar-refractivity contribution in [2.75, 3.05) is 0 Å². The SMILES string of the molecule is C=C(C)CCc1c(C)cc(C)c(/C=C/C)c1C.CC. The maximum absolute atomic E-state index is 3.99. The van der Waals surface area contributed by atoms with Crippen LogP contribution in [0.3, 0.4) is 0 Å². The van der Waals surface area contributed by atoms with Gasteiger partial charge in [-0.15, -0.1) is 6.58 Å². The van der Waals surface area contributed by atoms with Crippen molar-refractivity contribution in [3.05, 3.63) is 52.1 Å². The van der Waals surface area contributed by atoms with Crippen LogP contribution in [0.15, 0.2) is 24.3 Å². The molecule has 0 heterocycles. The molecule has 0 heteroatoms. The minimum atomic E-state index is 1.08. The second-order valence-corrected chi connectivity index (χ2v) is 4.98. The fourth-order valence-corrected chi connectivity index (χ4v) is 2.39. The summed E-state index contributed by atoms with van der Waals surface area (Å²) in [7, 11) is 0. The van der Waals surface area contributed by atoms with Crippen LogP contribution in [0, 0.1) is 20.8 Å². The molecular formula is C19H30. The summed E-state index contributed by atoms with van der Waals surface area (Å²) in [6.45, 7) is 18.8. The van der Waals surface area contributed by atoms with E-state index < -0.39 is 0 Å². The lowest BCUT2D eigenvalue weighted by Gasteiger charge is -2.15. The highest BCUT2D eigenvalue weighted by atomic mass is 14.1. The Morgan fingerprint density at radius 3 is 2.21 bits per heavy atom. The lowest BCUT2D eigenvalue weighted by molar-refractivity contribution is 0.923. The molecular weight excluding hydrogens is 228 g/mol. The Balaban J connectivity index is 0.00000154. The summed E-state index contributed by atoms with van der Waals surface area (Å²) >= 11 is 0. The van der Waals surface area contributed by atoms with Crippen molar-refractivity contribution >= 4 is 6.08 Å². The Morgan fingerprint density at radius 1 is 1.16 bits per heavy atom. The van der Waals surface area contributed by atoms with E-state index in [0.717, 1.165) is 12.8 Å². The summed E-state index contributed by atoms with van der Waals surface area (Å²) in [5, 5.41) is 0. The van der Waals surface area contributed by atoms with Crippen LogP contribution in [0.2, 0.25) is 0 Å². The Hall–Kier alpha value is -1.30. The third kappa shape index (κ3) is 5.06. The average Bonchev–Trinajstić information content (AvgIpc) is 2.36. The van der Waals surface area contributed by atoms with E-state index in [4.69, 9.17) is 0 Å².